The summed E-state index contributed by atoms with van der Waals surface area (Å²) >= 11 is 5.99. The Morgan fingerprint density at radius 1 is 1.15 bits per heavy atom. The number of aromatic nitrogens is 3. The molecule has 0 aliphatic heterocycles. The minimum absolute atomic E-state index is 0.000336. The topological polar surface area (TPSA) is 129 Å². The fourth-order valence-corrected chi connectivity index (χ4v) is 3.96. The smallest absolute Gasteiger partial charge is 0.289 e. The van der Waals surface area contributed by atoms with Crippen LogP contribution < -0.4 is 11.1 Å². The highest BCUT2D eigenvalue weighted by atomic mass is 35.5. The van der Waals surface area contributed by atoms with E-state index in [0.29, 0.717) is 34.4 Å². The number of nitrogens with one attached hydrogen (secondary N) is 1. The van der Waals surface area contributed by atoms with Crippen molar-refractivity contribution < 1.29 is 9.72 Å². The highest BCUT2D eigenvalue weighted by molar-refractivity contribution is 6.32. The molecule has 0 radical (unpaired) electrons. The SMILES string of the molecule is CCCCCCNC(=O)c1c(N)n(-c2ccc(Cl)c([N+](=O)[O-])c2)c2nc3ccccc3nc12. The molecule has 2 aromatic heterocycles. The van der Waals surface area contributed by atoms with Crippen molar-refractivity contribution in [2.75, 3.05) is 12.3 Å². The van der Waals surface area contributed by atoms with E-state index >= 15 is 0 Å². The number of nitrogen functional groups attached to an aromatic ring is 1. The molecular weight excluding hydrogens is 444 g/mol. The van der Waals surface area contributed by atoms with Gasteiger partial charge in [0.05, 0.1) is 21.6 Å². The van der Waals surface area contributed by atoms with Crippen molar-refractivity contribution >= 4 is 51.2 Å². The maximum absolute atomic E-state index is 13.1. The van der Waals surface area contributed by atoms with E-state index in [0.717, 1.165) is 25.7 Å². The number of anilines is 1. The van der Waals surface area contributed by atoms with Crippen molar-refractivity contribution in [1.29, 1.82) is 0 Å². The molecule has 3 N–H and O–H groups in total. The van der Waals surface area contributed by atoms with Crippen LogP contribution in [-0.4, -0.2) is 31.9 Å². The number of amides is 1. The van der Waals surface area contributed by atoms with Gasteiger partial charge in [-0.2, -0.15) is 0 Å². The van der Waals surface area contributed by atoms with E-state index in [1.807, 2.05) is 12.1 Å². The lowest BCUT2D eigenvalue weighted by Crippen LogP contribution is -2.25. The molecule has 0 aliphatic rings. The van der Waals surface area contributed by atoms with Crippen molar-refractivity contribution in [2.45, 2.75) is 32.6 Å². The van der Waals surface area contributed by atoms with E-state index in [1.165, 1.54) is 16.7 Å². The molecule has 9 nitrogen and oxygen atoms in total. The van der Waals surface area contributed by atoms with Gasteiger partial charge in [0.2, 0.25) is 0 Å². The summed E-state index contributed by atoms with van der Waals surface area (Å²) in [6, 6.07) is 11.6. The fraction of sp³-hybridized carbons (Fsp3) is 0.261. The summed E-state index contributed by atoms with van der Waals surface area (Å²) in [6.45, 7) is 2.64. The Hall–Kier alpha value is -3.72. The van der Waals surface area contributed by atoms with Crippen LogP contribution in [0.4, 0.5) is 11.5 Å². The molecule has 10 heteroatoms. The maximum atomic E-state index is 13.1. The molecular formula is C23H23ClN6O3. The number of halogens is 1. The molecule has 2 heterocycles. The molecule has 33 heavy (non-hydrogen) atoms. The van der Waals surface area contributed by atoms with Gasteiger partial charge in [0.15, 0.2) is 5.65 Å². The summed E-state index contributed by atoms with van der Waals surface area (Å²) in [7, 11) is 0. The highest BCUT2D eigenvalue weighted by Gasteiger charge is 2.26. The van der Waals surface area contributed by atoms with Gasteiger partial charge in [-0.05, 0) is 30.7 Å². The summed E-state index contributed by atoms with van der Waals surface area (Å²) in [4.78, 5) is 33.3. The van der Waals surface area contributed by atoms with Gasteiger partial charge in [0.1, 0.15) is 21.9 Å². The third-order valence-electron chi connectivity index (χ3n) is 5.43. The Bertz CT molecular complexity index is 1370. The molecule has 0 atom stereocenters. The van der Waals surface area contributed by atoms with E-state index < -0.39 is 4.92 Å². The zero-order valence-electron chi connectivity index (χ0n) is 18.0. The normalized spacial score (nSPS) is 11.2. The summed E-state index contributed by atoms with van der Waals surface area (Å²) in [5.74, 6) is -0.260. The zero-order valence-corrected chi connectivity index (χ0v) is 18.8. The van der Waals surface area contributed by atoms with Crippen LogP contribution in [0.3, 0.4) is 0 Å². The van der Waals surface area contributed by atoms with Gasteiger partial charge in [0, 0.05) is 12.6 Å². The molecule has 1 amide bonds. The number of hydrogen-bond acceptors (Lipinski definition) is 6. The number of hydrogen-bond donors (Lipinski definition) is 2. The van der Waals surface area contributed by atoms with Gasteiger partial charge < -0.3 is 11.1 Å². The molecule has 4 rings (SSSR count). The Morgan fingerprint density at radius 2 is 1.88 bits per heavy atom. The largest absolute Gasteiger partial charge is 0.384 e. The van der Waals surface area contributed by atoms with Crippen LogP contribution in [0, 0.1) is 10.1 Å². The van der Waals surface area contributed by atoms with E-state index in [1.54, 1.807) is 18.2 Å². The van der Waals surface area contributed by atoms with Crippen molar-refractivity contribution in [2.24, 2.45) is 0 Å². The number of unbranched alkanes of at least 4 members (excludes halogenated alkanes) is 3. The number of carbonyl (C=O) groups excluding carboxylic acids is 1. The minimum Gasteiger partial charge on any atom is -0.384 e. The molecule has 0 aliphatic carbocycles. The van der Waals surface area contributed by atoms with Crippen LogP contribution >= 0.6 is 11.6 Å². The molecule has 0 saturated carbocycles. The predicted octanol–water partition coefficient (Wildman–Crippen LogP) is 5.03. The van der Waals surface area contributed by atoms with Crippen LogP contribution in [0.5, 0.6) is 0 Å². The van der Waals surface area contributed by atoms with Crippen LogP contribution in [0.25, 0.3) is 27.9 Å². The molecule has 2 aromatic carbocycles. The van der Waals surface area contributed by atoms with Crippen molar-refractivity contribution in [3.8, 4) is 5.69 Å². The van der Waals surface area contributed by atoms with Gasteiger partial charge in [0.25, 0.3) is 11.6 Å². The first-order chi connectivity index (χ1) is 15.9. The number of rotatable bonds is 8. The van der Waals surface area contributed by atoms with Crippen LogP contribution in [0.1, 0.15) is 43.0 Å². The molecule has 4 aromatic rings. The molecule has 0 fully saturated rings. The Balaban J connectivity index is 1.87. The van der Waals surface area contributed by atoms with Crippen molar-refractivity contribution in [1.82, 2.24) is 19.9 Å². The van der Waals surface area contributed by atoms with Crippen molar-refractivity contribution in [3.63, 3.8) is 0 Å². The Morgan fingerprint density at radius 3 is 2.58 bits per heavy atom. The number of para-hydroxylation sites is 2. The molecule has 0 unspecified atom stereocenters. The number of benzene rings is 2. The summed E-state index contributed by atoms with van der Waals surface area (Å²) < 4.78 is 1.50. The third-order valence-corrected chi connectivity index (χ3v) is 5.74. The van der Waals surface area contributed by atoms with E-state index in [-0.39, 0.29) is 28.0 Å². The third kappa shape index (κ3) is 4.31. The second kappa shape index (κ2) is 9.41. The van der Waals surface area contributed by atoms with E-state index in [9.17, 15) is 14.9 Å². The highest BCUT2D eigenvalue weighted by Crippen LogP contribution is 2.34. The lowest BCUT2D eigenvalue weighted by atomic mass is 10.2. The van der Waals surface area contributed by atoms with Gasteiger partial charge in [-0.3, -0.25) is 19.5 Å². The standard InChI is InChI=1S/C23H23ClN6O3/c1-2-3-4-7-12-26-23(31)19-20-22(28-17-9-6-5-8-16(17)27-20)29(21(19)25)14-10-11-15(24)18(13-14)30(32)33/h5-6,8-11,13H,2-4,7,12,25H2,1H3,(H,26,31). The lowest BCUT2D eigenvalue weighted by molar-refractivity contribution is -0.384. The average molecular weight is 467 g/mol. The zero-order chi connectivity index (χ0) is 23.5. The molecule has 0 spiro atoms. The predicted molar refractivity (Wildman–Crippen MR) is 129 cm³/mol. The number of nitro benzene ring substituents is 1. The fourth-order valence-electron chi connectivity index (χ4n) is 3.77. The first kappa shape index (κ1) is 22.5. The average Bonchev–Trinajstić information content (AvgIpc) is 3.08. The molecule has 170 valence electrons. The van der Waals surface area contributed by atoms with Gasteiger partial charge in [-0.25, -0.2) is 9.97 Å². The van der Waals surface area contributed by atoms with Gasteiger partial charge >= 0.3 is 0 Å². The molecule has 0 bridgehead atoms. The summed E-state index contributed by atoms with van der Waals surface area (Å²) in [6.07, 6.45) is 4.08. The lowest BCUT2D eigenvalue weighted by Gasteiger charge is -2.09. The monoisotopic (exact) mass is 466 g/mol. The number of fused-ring (bicyclic) bond motifs is 2. The quantitative estimate of drug-likeness (QED) is 0.213. The molecule has 0 saturated heterocycles. The first-order valence-corrected chi connectivity index (χ1v) is 11.1. The Kier molecular flexibility index (Phi) is 6.41. The van der Waals surface area contributed by atoms with Gasteiger partial charge in [-0.1, -0.05) is 49.9 Å². The number of nitrogens with two attached hydrogens (primary N) is 1. The van der Waals surface area contributed by atoms with Gasteiger partial charge in [-0.15, -0.1) is 0 Å². The first-order valence-electron chi connectivity index (χ1n) is 10.7. The second-order valence-corrected chi connectivity index (χ2v) is 8.10. The van der Waals surface area contributed by atoms with Crippen LogP contribution in [-0.2, 0) is 0 Å². The maximum Gasteiger partial charge on any atom is 0.289 e. The number of nitrogens with zero attached hydrogens (tertiary/aromatic N) is 4. The summed E-state index contributed by atoms with van der Waals surface area (Å²) in [5, 5.41) is 14.3. The second-order valence-electron chi connectivity index (χ2n) is 7.69. The van der Waals surface area contributed by atoms with E-state index in [4.69, 9.17) is 17.3 Å². The van der Waals surface area contributed by atoms with Crippen molar-refractivity contribution in [3.05, 3.63) is 63.2 Å². The van der Waals surface area contributed by atoms with Crippen LogP contribution in [0.15, 0.2) is 42.5 Å². The number of carbonyl (C=O) groups is 1. The summed E-state index contributed by atoms with van der Waals surface area (Å²) in [5.41, 5.74) is 8.61. The Labute approximate surface area is 194 Å². The van der Waals surface area contributed by atoms with E-state index in [2.05, 4.69) is 22.2 Å². The minimum atomic E-state index is -0.571. The van der Waals surface area contributed by atoms with Crippen LogP contribution in [0.2, 0.25) is 5.02 Å². The number of nitro groups is 1.